The maximum atomic E-state index is 14.2. The van der Waals surface area contributed by atoms with Gasteiger partial charge < -0.3 is 20.1 Å². The second-order valence-electron chi connectivity index (χ2n) is 14.2. The zero-order valence-electron chi connectivity index (χ0n) is 29.4. The molecule has 0 spiro atoms. The number of likely N-dealkylation sites (tertiary alicyclic amines) is 1. The third-order valence-electron chi connectivity index (χ3n) is 9.52. The van der Waals surface area contributed by atoms with E-state index in [0.29, 0.717) is 35.6 Å². The molecule has 1 aliphatic heterocycles. The molecule has 6 aromatic rings. The third-order valence-corrected chi connectivity index (χ3v) is 9.83. The maximum Gasteiger partial charge on any atom is 0.410 e. The number of aromatic nitrogens is 2. The molecule has 52 heavy (non-hydrogen) atoms. The van der Waals surface area contributed by atoms with E-state index in [2.05, 4.69) is 41.7 Å². The number of carbonyl (C=O) groups excluding carboxylic acids is 2. The Kier molecular flexibility index (Phi) is 9.51. The van der Waals surface area contributed by atoms with Crippen molar-refractivity contribution in [2.24, 2.45) is 5.92 Å². The van der Waals surface area contributed by atoms with E-state index in [0.717, 1.165) is 33.3 Å². The number of phenolic OH excluding ortho intramolecular Hbond substituents is 1. The number of nitrogens with one attached hydrogen (secondary N) is 1. The largest absolute Gasteiger partial charge is 0.508 e. The fraction of sp³-hybridized carbons (Fsp3) is 0.233. The summed E-state index contributed by atoms with van der Waals surface area (Å²) in [4.78, 5) is 28.8. The Bertz CT molecular complexity index is 2120. The average molecular weight is 713 g/mol. The van der Waals surface area contributed by atoms with Crippen LogP contribution in [0.25, 0.3) is 22.0 Å². The van der Waals surface area contributed by atoms with Crippen molar-refractivity contribution in [2.45, 2.75) is 44.8 Å². The fourth-order valence-electron chi connectivity index (χ4n) is 7.18. The monoisotopic (exact) mass is 712 g/mol. The second kappa shape index (κ2) is 14.2. The van der Waals surface area contributed by atoms with Crippen molar-refractivity contribution in [1.29, 1.82) is 0 Å². The van der Waals surface area contributed by atoms with Crippen LogP contribution in [0.2, 0.25) is 5.02 Å². The van der Waals surface area contributed by atoms with Crippen molar-refractivity contribution in [3.05, 3.63) is 149 Å². The highest BCUT2D eigenvalue weighted by Crippen LogP contribution is 2.44. The van der Waals surface area contributed by atoms with Crippen LogP contribution in [0.1, 0.15) is 50.3 Å². The van der Waals surface area contributed by atoms with Gasteiger partial charge in [-0.05, 0) is 86.2 Å². The molecule has 1 saturated heterocycles. The average Bonchev–Trinajstić information content (AvgIpc) is 3.50. The van der Waals surface area contributed by atoms with Crippen LogP contribution in [0.3, 0.4) is 0 Å². The van der Waals surface area contributed by atoms with E-state index in [1.165, 1.54) is 6.07 Å². The van der Waals surface area contributed by atoms with Crippen molar-refractivity contribution in [3.63, 3.8) is 0 Å². The van der Waals surface area contributed by atoms with Crippen LogP contribution in [0, 0.1) is 5.92 Å². The number of hydrogen-bond acceptors (Lipinski definition) is 5. The molecular weight excluding hydrogens is 672 g/mol. The molecule has 1 aromatic heterocycles. The first-order valence-electron chi connectivity index (χ1n) is 17.5. The summed E-state index contributed by atoms with van der Waals surface area (Å²) in [7, 11) is 0. The molecule has 1 fully saturated rings. The van der Waals surface area contributed by atoms with Crippen molar-refractivity contribution in [1.82, 2.24) is 14.7 Å². The summed E-state index contributed by atoms with van der Waals surface area (Å²) < 4.78 is 7.64. The molecule has 2 amide bonds. The van der Waals surface area contributed by atoms with Gasteiger partial charge in [0.15, 0.2) is 5.82 Å². The molecule has 2 N–H and O–H groups in total. The van der Waals surface area contributed by atoms with Crippen LogP contribution in [0.15, 0.2) is 127 Å². The van der Waals surface area contributed by atoms with Gasteiger partial charge in [-0.25, -0.2) is 9.48 Å². The number of fused-ring (bicyclic) bond motifs is 1. The molecule has 264 valence electrons. The number of anilines is 1. The number of piperidine rings is 1. The van der Waals surface area contributed by atoms with Crippen LogP contribution in [0.5, 0.6) is 5.75 Å². The molecule has 8 nitrogen and oxygen atoms in total. The second-order valence-corrected chi connectivity index (χ2v) is 14.6. The minimum absolute atomic E-state index is 0.0712. The fourth-order valence-corrected chi connectivity index (χ4v) is 7.46. The summed E-state index contributed by atoms with van der Waals surface area (Å²) in [6.45, 7) is 6.28. The lowest BCUT2D eigenvalue weighted by molar-refractivity contribution is -0.121. The van der Waals surface area contributed by atoms with E-state index in [4.69, 9.17) is 21.4 Å². The standard InChI is InChI=1S/C43H41ClN4O4/c1-42(2,3)52-41(51)47-25-13-14-30(28-47)40(50)45-39-36-26-29(35-23-22-34(49)27-37(35)44)21-24-38(36)48(46-39)43(31-15-7-4-8-16-31,32-17-9-5-10-18-32)33-19-11-6-12-20-33/h4-12,15-24,26-27,30,49H,13-14,25,28H2,1-3H3,(H,45,46,50). The van der Waals surface area contributed by atoms with Gasteiger partial charge in [0, 0.05) is 24.0 Å². The van der Waals surface area contributed by atoms with E-state index in [1.54, 1.807) is 17.0 Å². The lowest BCUT2D eigenvalue weighted by Gasteiger charge is -2.37. The van der Waals surface area contributed by atoms with Crippen LogP contribution in [-0.2, 0) is 15.1 Å². The molecule has 2 heterocycles. The zero-order valence-corrected chi connectivity index (χ0v) is 30.2. The summed E-state index contributed by atoms with van der Waals surface area (Å²) >= 11 is 6.65. The lowest BCUT2D eigenvalue weighted by Crippen LogP contribution is -2.45. The highest BCUT2D eigenvalue weighted by Gasteiger charge is 2.41. The van der Waals surface area contributed by atoms with E-state index in [-0.39, 0.29) is 18.2 Å². The number of halogens is 1. The number of aromatic hydroxyl groups is 1. The first-order chi connectivity index (χ1) is 25.0. The first-order valence-corrected chi connectivity index (χ1v) is 17.9. The van der Waals surface area contributed by atoms with Crippen molar-refractivity contribution in [2.75, 3.05) is 18.4 Å². The number of rotatable bonds is 7. The first kappa shape index (κ1) is 34.8. The van der Waals surface area contributed by atoms with Gasteiger partial charge in [0.2, 0.25) is 5.91 Å². The SMILES string of the molecule is CC(C)(C)OC(=O)N1CCCC(C(=O)Nc2nn(C(c3ccccc3)(c3ccccc3)c3ccccc3)c3ccc(-c4ccc(O)cc4Cl)cc23)C1. The van der Waals surface area contributed by atoms with E-state index >= 15 is 0 Å². The molecule has 1 unspecified atom stereocenters. The van der Waals surface area contributed by atoms with Gasteiger partial charge in [0.1, 0.15) is 16.9 Å². The quantitative estimate of drug-likeness (QED) is 0.161. The molecule has 1 atom stereocenters. The molecule has 9 heteroatoms. The molecule has 0 aliphatic carbocycles. The molecule has 0 radical (unpaired) electrons. The van der Waals surface area contributed by atoms with E-state index < -0.39 is 23.2 Å². The predicted octanol–water partition coefficient (Wildman–Crippen LogP) is 9.49. The van der Waals surface area contributed by atoms with Gasteiger partial charge in [0.25, 0.3) is 0 Å². The van der Waals surface area contributed by atoms with Crippen molar-refractivity contribution >= 4 is 40.3 Å². The summed E-state index contributed by atoms with van der Waals surface area (Å²) in [5.41, 5.74) is 3.68. The third kappa shape index (κ3) is 6.74. The summed E-state index contributed by atoms with van der Waals surface area (Å²) in [5, 5.41) is 19.7. The minimum Gasteiger partial charge on any atom is -0.508 e. The molecule has 5 aromatic carbocycles. The van der Waals surface area contributed by atoms with Gasteiger partial charge in [-0.2, -0.15) is 5.10 Å². The number of phenols is 1. The van der Waals surface area contributed by atoms with Gasteiger partial charge >= 0.3 is 6.09 Å². The summed E-state index contributed by atoms with van der Waals surface area (Å²) in [6.07, 6.45) is 0.878. The Hall–Kier alpha value is -5.60. The van der Waals surface area contributed by atoms with Gasteiger partial charge in [-0.3, -0.25) is 4.79 Å². The van der Waals surface area contributed by atoms with Gasteiger partial charge in [-0.1, -0.05) is 109 Å². The number of amides is 2. The number of hydrogen-bond donors (Lipinski definition) is 2. The normalized spacial score (nSPS) is 15.0. The minimum atomic E-state index is -0.943. The van der Waals surface area contributed by atoms with Crippen LogP contribution in [0.4, 0.5) is 10.6 Å². The van der Waals surface area contributed by atoms with Gasteiger partial charge in [0.05, 0.1) is 16.5 Å². The number of nitrogens with zero attached hydrogens (tertiary/aromatic N) is 3. The maximum absolute atomic E-state index is 14.2. The zero-order chi connectivity index (χ0) is 36.5. The topological polar surface area (TPSA) is 96.7 Å². The van der Waals surface area contributed by atoms with Crippen LogP contribution >= 0.6 is 11.6 Å². The van der Waals surface area contributed by atoms with Crippen molar-refractivity contribution < 1.29 is 19.4 Å². The highest BCUT2D eigenvalue weighted by molar-refractivity contribution is 6.33. The van der Waals surface area contributed by atoms with E-state index in [9.17, 15) is 14.7 Å². The molecule has 7 rings (SSSR count). The Morgan fingerprint density at radius 1 is 0.827 bits per heavy atom. The molecule has 1 aliphatic rings. The van der Waals surface area contributed by atoms with E-state index in [1.807, 2.05) is 98.2 Å². The number of carbonyl (C=O) groups is 2. The number of benzene rings is 5. The van der Waals surface area contributed by atoms with Gasteiger partial charge in [-0.15, -0.1) is 0 Å². The summed E-state index contributed by atoms with van der Waals surface area (Å²) in [5.74, 6) is -0.226. The Morgan fingerprint density at radius 2 is 1.42 bits per heavy atom. The Morgan fingerprint density at radius 3 is 1.98 bits per heavy atom. The molecule has 0 bridgehead atoms. The predicted molar refractivity (Wildman–Crippen MR) is 206 cm³/mol. The highest BCUT2D eigenvalue weighted by atomic mass is 35.5. The Balaban J connectivity index is 1.41. The van der Waals surface area contributed by atoms with Crippen LogP contribution < -0.4 is 5.32 Å². The van der Waals surface area contributed by atoms with Crippen LogP contribution in [-0.4, -0.2) is 50.5 Å². The Labute approximate surface area is 308 Å². The molecule has 0 saturated carbocycles. The smallest absolute Gasteiger partial charge is 0.410 e. The lowest BCUT2D eigenvalue weighted by atomic mass is 9.77. The van der Waals surface area contributed by atoms with Crippen molar-refractivity contribution in [3.8, 4) is 16.9 Å². The summed E-state index contributed by atoms with van der Waals surface area (Å²) in [6, 6.07) is 41.6. The number of ether oxygens (including phenoxy) is 1. The molecular formula is C43H41ClN4O4.